The fourth-order valence-electron chi connectivity index (χ4n) is 1.96. The third kappa shape index (κ3) is 14.6. The van der Waals surface area contributed by atoms with Crippen molar-refractivity contribution >= 4 is 28.2 Å². The zero-order valence-electron chi connectivity index (χ0n) is 12.8. The molecule has 0 spiro atoms. The standard InChI is InChI=1S/C16H32OS2/c1-3-5-6-7-8-9-10-11-12-13-16(18)19-14-15(17)4-2/h15,17H,3-14H2,1-2H3/t15-/m1/s1. The summed E-state index contributed by atoms with van der Waals surface area (Å²) < 4.78 is 1.08. The van der Waals surface area contributed by atoms with Crippen LogP contribution in [0, 0.1) is 0 Å². The summed E-state index contributed by atoms with van der Waals surface area (Å²) in [7, 11) is 0. The molecule has 0 saturated heterocycles. The molecule has 0 unspecified atom stereocenters. The van der Waals surface area contributed by atoms with Crippen molar-refractivity contribution < 1.29 is 5.11 Å². The van der Waals surface area contributed by atoms with E-state index in [0.717, 1.165) is 22.8 Å². The second-order valence-corrected chi connectivity index (χ2v) is 7.19. The first-order valence-electron chi connectivity index (χ1n) is 8.04. The third-order valence-corrected chi connectivity index (χ3v) is 5.03. The molecule has 3 heteroatoms. The maximum Gasteiger partial charge on any atom is 0.0631 e. The van der Waals surface area contributed by atoms with E-state index < -0.39 is 0 Å². The Morgan fingerprint density at radius 1 is 0.947 bits per heavy atom. The van der Waals surface area contributed by atoms with E-state index in [1.807, 2.05) is 6.92 Å². The molecule has 0 aliphatic heterocycles. The molecular weight excluding hydrogens is 272 g/mol. The number of hydrogen-bond donors (Lipinski definition) is 1. The Labute approximate surface area is 129 Å². The van der Waals surface area contributed by atoms with Crippen molar-refractivity contribution in [2.45, 2.75) is 90.6 Å². The van der Waals surface area contributed by atoms with Crippen molar-refractivity contribution in [3.05, 3.63) is 0 Å². The van der Waals surface area contributed by atoms with E-state index in [0.29, 0.717) is 0 Å². The van der Waals surface area contributed by atoms with Crippen LogP contribution < -0.4 is 0 Å². The lowest BCUT2D eigenvalue weighted by Gasteiger charge is -2.07. The number of aliphatic hydroxyl groups excluding tert-OH is 1. The van der Waals surface area contributed by atoms with Crippen molar-refractivity contribution in [1.82, 2.24) is 0 Å². The Morgan fingerprint density at radius 2 is 1.47 bits per heavy atom. The average Bonchev–Trinajstić information content (AvgIpc) is 2.42. The lowest BCUT2D eigenvalue weighted by Crippen LogP contribution is -2.09. The highest BCUT2D eigenvalue weighted by molar-refractivity contribution is 8.23. The first-order valence-corrected chi connectivity index (χ1v) is 9.43. The monoisotopic (exact) mass is 304 g/mol. The summed E-state index contributed by atoms with van der Waals surface area (Å²) >= 11 is 6.99. The van der Waals surface area contributed by atoms with E-state index in [-0.39, 0.29) is 6.10 Å². The van der Waals surface area contributed by atoms with Crippen LogP contribution >= 0.6 is 24.0 Å². The van der Waals surface area contributed by atoms with Gasteiger partial charge in [0.25, 0.3) is 0 Å². The molecule has 0 aliphatic rings. The predicted octanol–water partition coefficient (Wildman–Crippen LogP) is 5.74. The van der Waals surface area contributed by atoms with Gasteiger partial charge in [-0.2, -0.15) is 0 Å². The van der Waals surface area contributed by atoms with Gasteiger partial charge in [-0.1, -0.05) is 77.4 Å². The number of thioether (sulfide) groups is 1. The Hall–Kier alpha value is 0.400. The third-order valence-electron chi connectivity index (χ3n) is 3.39. The summed E-state index contributed by atoms with van der Waals surface area (Å²) in [6.45, 7) is 4.27. The predicted molar refractivity (Wildman–Crippen MR) is 93.2 cm³/mol. The van der Waals surface area contributed by atoms with Gasteiger partial charge >= 0.3 is 0 Å². The van der Waals surface area contributed by atoms with Crippen LogP contribution in [0.5, 0.6) is 0 Å². The number of hydrogen-bond acceptors (Lipinski definition) is 3. The maximum absolute atomic E-state index is 9.46. The molecule has 1 atom stereocenters. The summed E-state index contributed by atoms with van der Waals surface area (Å²) in [6, 6.07) is 0. The molecule has 1 nitrogen and oxygen atoms in total. The summed E-state index contributed by atoms with van der Waals surface area (Å²) in [6.07, 6.45) is 13.9. The molecule has 0 heterocycles. The first-order chi connectivity index (χ1) is 9.20. The highest BCUT2D eigenvalue weighted by atomic mass is 32.2. The Morgan fingerprint density at radius 3 is 2.00 bits per heavy atom. The molecule has 19 heavy (non-hydrogen) atoms. The quantitative estimate of drug-likeness (QED) is 0.346. The van der Waals surface area contributed by atoms with Gasteiger partial charge in [0.15, 0.2) is 0 Å². The summed E-state index contributed by atoms with van der Waals surface area (Å²) in [4.78, 5) is 0. The molecular formula is C16H32OS2. The molecule has 0 saturated carbocycles. The van der Waals surface area contributed by atoms with Gasteiger partial charge in [0.1, 0.15) is 0 Å². The largest absolute Gasteiger partial charge is 0.392 e. The van der Waals surface area contributed by atoms with E-state index >= 15 is 0 Å². The fraction of sp³-hybridized carbons (Fsp3) is 0.938. The fourth-order valence-corrected chi connectivity index (χ4v) is 3.21. The lowest BCUT2D eigenvalue weighted by molar-refractivity contribution is 0.195. The highest BCUT2D eigenvalue weighted by Crippen LogP contribution is 2.16. The van der Waals surface area contributed by atoms with Gasteiger partial charge in [-0.05, 0) is 19.3 Å². The van der Waals surface area contributed by atoms with Gasteiger partial charge in [-0.25, -0.2) is 0 Å². The van der Waals surface area contributed by atoms with E-state index in [1.54, 1.807) is 11.8 Å². The van der Waals surface area contributed by atoms with Crippen LogP contribution in [0.2, 0.25) is 0 Å². The van der Waals surface area contributed by atoms with Crippen molar-refractivity contribution in [3.63, 3.8) is 0 Å². The summed E-state index contributed by atoms with van der Waals surface area (Å²) in [5, 5.41) is 9.46. The minimum atomic E-state index is -0.189. The second kappa shape index (κ2) is 14.8. The zero-order chi connectivity index (χ0) is 14.3. The van der Waals surface area contributed by atoms with Crippen LogP contribution in [-0.2, 0) is 0 Å². The number of thiocarbonyl (C=S) groups is 1. The molecule has 0 amide bonds. The molecule has 0 aromatic rings. The number of rotatable bonds is 13. The molecule has 114 valence electrons. The summed E-state index contributed by atoms with van der Waals surface area (Å²) in [5.74, 6) is 0.771. The van der Waals surface area contributed by atoms with Gasteiger partial charge in [0, 0.05) is 9.95 Å². The molecule has 0 aromatic heterocycles. The Bertz CT molecular complexity index is 207. The van der Waals surface area contributed by atoms with Crippen molar-refractivity contribution in [2.24, 2.45) is 0 Å². The van der Waals surface area contributed by atoms with Crippen LogP contribution in [0.1, 0.15) is 84.5 Å². The van der Waals surface area contributed by atoms with Gasteiger partial charge in [-0.15, -0.1) is 11.8 Å². The molecule has 0 fully saturated rings. The van der Waals surface area contributed by atoms with Crippen LogP contribution in [-0.4, -0.2) is 21.2 Å². The van der Waals surface area contributed by atoms with Crippen LogP contribution in [0.4, 0.5) is 0 Å². The van der Waals surface area contributed by atoms with Crippen molar-refractivity contribution in [2.75, 3.05) is 5.75 Å². The van der Waals surface area contributed by atoms with Crippen LogP contribution in [0.15, 0.2) is 0 Å². The summed E-state index contributed by atoms with van der Waals surface area (Å²) in [5.41, 5.74) is 0. The van der Waals surface area contributed by atoms with Gasteiger partial charge < -0.3 is 5.11 Å². The molecule has 0 rings (SSSR count). The Balaban J connectivity index is 3.18. The number of aliphatic hydroxyl groups is 1. The average molecular weight is 305 g/mol. The van der Waals surface area contributed by atoms with E-state index in [2.05, 4.69) is 6.92 Å². The topological polar surface area (TPSA) is 20.2 Å². The van der Waals surface area contributed by atoms with Crippen LogP contribution in [0.3, 0.4) is 0 Å². The van der Waals surface area contributed by atoms with Crippen molar-refractivity contribution in [1.29, 1.82) is 0 Å². The first kappa shape index (κ1) is 19.4. The zero-order valence-corrected chi connectivity index (χ0v) is 14.5. The van der Waals surface area contributed by atoms with Gasteiger partial charge in [0.2, 0.25) is 0 Å². The van der Waals surface area contributed by atoms with Crippen LogP contribution in [0.25, 0.3) is 0 Å². The molecule has 0 bridgehead atoms. The van der Waals surface area contributed by atoms with Gasteiger partial charge in [-0.3, -0.25) is 0 Å². The minimum absolute atomic E-state index is 0.189. The van der Waals surface area contributed by atoms with Gasteiger partial charge in [0.05, 0.1) is 6.10 Å². The maximum atomic E-state index is 9.46. The smallest absolute Gasteiger partial charge is 0.0631 e. The molecule has 0 radical (unpaired) electrons. The molecule has 1 N–H and O–H groups in total. The minimum Gasteiger partial charge on any atom is -0.392 e. The second-order valence-electron chi connectivity index (χ2n) is 5.32. The van der Waals surface area contributed by atoms with E-state index in [1.165, 1.54) is 57.8 Å². The normalized spacial score (nSPS) is 12.6. The highest BCUT2D eigenvalue weighted by Gasteiger charge is 2.04. The van der Waals surface area contributed by atoms with E-state index in [4.69, 9.17) is 12.2 Å². The number of unbranched alkanes of at least 4 members (excludes halogenated alkanes) is 8. The molecule has 0 aromatic carbocycles. The Kier molecular flexibility index (Phi) is 15.1. The molecule has 0 aliphatic carbocycles. The SMILES string of the molecule is CCCCCCCCCCCC(=S)SC[C@H](O)CC. The lowest BCUT2D eigenvalue weighted by atomic mass is 10.1. The van der Waals surface area contributed by atoms with Crippen molar-refractivity contribution in [3.8, 4) is 0 Å². The van der Waals surface area contributed by atoms with E-state index in [9.17, 15) is 5.11 Å².